The van der Waals surface area contributed by atoms with Crippen LogP contribution in [0, 0.1) is 6.92 Å². The van der Waals surface area contributed by atoms with Crippen LogP contribution in [0.15, 0.2) is 26.6 Å². The van der Waals surface area contributed by atoms with Crippen molar-refractivity contribution in [3.63, 3.8) is 0 Å². The van der Waals surface area contributed by atoms with Gasteiger partial charge in [0.15, 0.2) is 0 Å². The number of hydrogen-bond acceptors (Lipinski definition) is 3. The molecule has 0 aliphatic rings. The first kappa shape index (κ1) is 11.2. The minimum atomic E-state index is -0.742. The Morgan fingerprint density at radius 1 is 1.60 bits per heavy atom. The van der Waals surface area contributed by atoms with E-state index in [1.165, 1.54) is 11.3 Å². The molecule has 0 amide bonds. The molecule has 0 fully saturated rings. The van der Waals surface area contributed by atoms with Gasteiger partial charge in [0.25, 0.3) is 0 Å². The molecule has 2 heterocycles. The molecule has 0 aromatic carbocycles. The Balaban J connectivity index is 2.36. The van der Waals surface area contributed by atoms with E-state index in [-0.39, 0.29) is 0 Å². The molecule has 1 unspecified atom stereocenters. The lowest BCUT2D eigenvalue weighted by atomic mass is 10.1. The molecule has 1 atom stereocenters. The Kier molecular flexibility index (Phi) is 3.21. The Hall–Kier alpha value is -0.290. The predicted molar refractivity (Wildman–Crippen MR) is 64.5 cm³/mol. The van der Waals surface area contributed by atoms with Crippen LogP contribution >= 0.6 is 38.9 Å². The molecule has 1 N–H and O–H groups in total. The highest BCUT2D eigenvalue weighted by Crippen LogP contribution is 2.38. The van der Waals surface area contributed by atoms with Crippen LogP contribution in [0.4, 0.5) is 0 Å². The summed E-state index contributed by atoms with van der Waals surface area (Å²) in [6.45, 7) is 1.90. The second-order valence-electron chi connectivity index (χ2n) is 3.14. The maximum Gasteiger partial charge on any atom is 0.146 e. The van der Waals surface area contributed by atoms with E-state index in [2.05, 4.69) is 15.9 Å². The summed E-state index contributed by atoms with van der Waals surface area (Å²) in [6, 6.07) is 3.56. The summed E-state index contributed by atoms with van der Waals surface area (Å²) < 4.78 is 6.05. The highest BCUT2D eigenvalue weighted by molar-refractivity contribution is 9.11. The van der Waals surface area contributed by atoms with Gasteiger partial charge in [-0.3, -0.25) is 0 Å². The molecule has 0 spiro atoms. The second kappa shape index (κ2) is 4.29. The quantitative estimate of drug-likeness (QED) is 0.904. The number of rotatable bonds is 2. The van der Waals surface area contributed by atoms with Crippen LogP contribution in [0.3, 0.4) is 0 Å². The van der Waals surface area contributed by atoms with Crippen LogP contribution in [0.1, 0.15) is 22.3 Å². The Morgan fingerprint density at radius 3 is 2.80 bits per heavy atom. The minimum absolute atomic E-state index is 0.570. The molecule has 2 aromatic heterocycles. The zero-order chi connectivity index (χ0) is 11.0. The van der Waals surface area contributed by atoms with E-state index in [1.807, 2.05) is 13.0 Å². The number of halogens is 2. The molecule has 2 nitrogen and oxygen atoms in total. The van der Waals surface area contributed by atoms with Crippen molar-refractivity contribution < 1.29 is 9.52 Å². The van der Waals surface area contributed by atoms with E-state index in [0.29, 0.717) is 10.8 Å². The predicted octanol–water partition coefficient (Wildman–Crippen LogP) is 4.15. The van der Waals surface area contributed by atoms with Crippen molar-refractivity contribution in [1.29, 1.82) is 0 Å². The summed E-state index contributed by atoms with van der Waals surface area (Å²) in [5.41, 5.74) is 0.933. The highest BCUT2D eigenvalue weighted by Gasteiger charge is 2.19. The maximum atomic E-state index is 10.0. The van der Waals surface area contributed by atoms with E-state index in [1.54, 1.807) is 12.3 Å². The van der Waals surface area contributed by atoms with Crippen LogP contribution in [-0.2, 0) is 0 Å². The first-order chi connectivity index (χ1) is 7.09. The second-order valence-corrected chi connectivity index (χ2v) is 5.95. The lowest BCUT2D eigenvalue weighted by Crippen LogP contribution is -1.96. The van der Waals surface area contributed by atoms with Gasteiger partial charge in [-0.1, -0.05) is 11.6 Å². The number of aryl methyl sites for hydroxylation is 1. The molecule has 5 heteroatoms. The van der Waals surface area contributed by atoms with E-state index in [4.69, 9.17) is 16.0 Å². The molecule has 0 radical (unpaired) electrons. The summed E-state index contributed by atoms with van der Waals surface area (Å²) in [4.78, 5) is 0.768. The molecule has 0 saturated heterocycles. The maximum absolute atomic E-state index is 10.0. The van der Waals surface area contributed by atoms with Gasteiger partial charge < -0.3 is 9.52 Å². The average molecular weight is 308 g/mol. The Bertz CT molecular complexity index is 458. The molecule has 80 valence electrons. The van der Waals surface area contributed by atoms with Crippen LogP contribution < -0.4 is 0 Å². The fraction of sp³-hybridized carbons (Fsp3) is 0.200. The summed E-state index contributed by atoms with van der Waals surface area (Å²) in [5, 5.41) is 10.6. The standard InChI is InChI=1S/C10H8BrClO2S/c1-5-2-3-14-9(5)8(13)7-4-6(12)10(11)15-7/h2-4,8,13H,1H3. The number of furan rings is 1. The van der Waals surface area contributed by atoms with Gasteiger partial charge in [0.05, 0.1) is 15.1 Å². The fourth-order valence-corrected chi connectivity index (χ4v) is 3.02. The normalized spacial score (nSPS) is 13.1. The van der Waals surface area contributed by atoms with Gasteiger partial charge in [-0.2, -0.15) is 0 Å². The third-order valence-electron chi connectivity index (χ3n) is 2.08. The van der Waals surface area contributed by atoms with Crippen molar-refractivity contribution in [3.8, 4) is 0 Å². The molecular formula is C10H8BrClO2S. The number of thiophene rings is 1. The number of aliphatic hydroxyl groups excluding tert-OH is 1. The van der Waals surface area contributed by atoms with Crippen molar-refractivity contribution >= 4 is 38.9 Å². The van der Waals surface area contributed by atoms with Crippen LogP contribution in [0.5, 0.6) is 0 Å². The molecule has 2 aromatic rings. The van der Waals surface area contributed by atoms with Crippen molar-refractivity contribution in [2.24, 2.45) is 0 Å². The van der Waals surface area contributed by atoms with Gasteiger partial charge in [-0.05, 0) is 40.5 Å². The summed E-state index contributed by atoms with van der Waals surface area (Å²) in [7, 11) is 0. The Labute approximate surface area is 105 Å². The fourth-order valence-electron chi connectivity index (χ4n) is 1.29. The molecular weight excluding hydrogens is 300 g/mol. The largest absolute Gasteiger partial charge is 0.466 e. The molecule has 2 rings (SSSR count). The SMILES string of the molecule is Cc1ccoc1C(O)c1cc(Cl)c(Br)s1. The van der Waals surface area contributed by atoms with Gasteiger partial charge >= 0.3 is 0 Å². The molecule has 0 saturated carbocycles. The third kappa shape index (κ3) is 2.13. The lowest BCUT2D eigenvalue weighted by molar-refractivity contribution is 0.192. The van der Waals surface area contributed by atoms with Crippen LogP contribution in [0.25, 0.3) is 0 Å². The zero-order valence-corrected chi connectivity index (χ0v) is 11.0. The van der Waals surface area contributed by atoms with Gasteiger partial charge in [0, 0.05) is 4.88 Å². The first-order valence-corrected chi connectivity index (χ1v) is 6.25. The van der Waals surface area contributed by atoms with Gasteiger partial charge in [0.1, 0.15) is 11.9 Å². The summed E-state index contributed by atoms with van der Waals surface area (Å²) in [6.07, 6.45) is 0.826. The van der Waals surface area contributed by atoms with Gasteiger partial charge in [-0.15, -0.1) is 11.3 Å². The third-order valence-corrected chi connectivity index (χ3v) is 4.61. The van der Waals surface area contributed by atoms with E-state index in [0.717, 1.165) is 14.2 Å². The molecule has 0 bridgehead atoms. The summed E-state index contributed by atoms with van der Waals surface area (Å²) >= 11 is 10.6. The van der Waals surface area contributed by atoms with E-state index in [9.17, 15) is 5.11 Å². The summed E-state index contributed by atoms with van der Waals surface area (Å²) in [5.74, 6) is 0.570. The Morgan fingerprint density at radius 2 is 2.33 bits per heavy atom. The van der Waals surface area contributed by atoms with Crippen molar-refractivity contribution in [3.05, 3.63) is 43.4 Å². The molecule has 0 aliphatic heterocycles. The highest BCUT2D eigenvalue weighted by atomic mass is 79.9. The van der Waals surface area contributed by atoms with Crippen molar-refractivity contribution in [1.82, 2.24) is 0 Å². The van der Waals surface area contributed by atoms with E-state index < -0.39 is 6.10 Å². The first-order valence-electron chi connectivity index (χ1n) is 4.26. The topological polar surface area (TPSA) is 33.4 Å². The lowest BCUT2D eigenvalue weighted by Gasteiger charge is -2.05. The van der Waals surface area contributed by atoms with Crippen LogP contribution in [0.2, 0.25) is 5.02 Å². The zero-order valence-electron chi connectivity index (χ0n) is 7.83. The van der Waals surface area contributed by atoms with Gasteiger partial charge in [-0.25, -0.2) is 0 Å². The van der Waals surface area contributed by atoms with Gasteiger partial charge in [0.2, 0.25) is 0 Å². The average Bonchev–Trinajstić information content (AvgIpc) is 2.74. The minimum Gasteiger partial charge on any atom is -0.466 e. The van der Waals surface area contributed by atoms with Crippen molar-refractivity contribution in [2.45, 2.75) is 13.0 Å². The monoisotopic (exact) mass is 306 g/mol. The smallest absolute Gasteiger partial charge is 0.146 e. The number of hydrogen-bond donors (Lipinski definition) is 1. The van der Waals surface area contributed by atoms with E-state index >= 15 is 0 Å². The number of aliphatic hydroxyl groups is 1. The molecule has 0 aliphatic carbocycles. The molecule has 15 heavy (non-hydrogen) atoms. The van der Waals surface area contributed by atoms with Crippen molar-refractivity contribution in [2.75, 3.05) is 0 Å². The van der Waals surface area contributed by atoms with Crippen LogP contribution in [-0.4, -0.2) is 5.11 Å².